The number of hydrogen-bond donors (Lipinski definition) is 4. The van der Waals surface area contributed by atoms with Gasteiger partial charge in [-0.1, -0.05) is 6.07 Å². The quantitative estimate of drug-likeness (QED) is 0.389. The van der Waals surface area contributed by atoms with Crippen molar-refractivity contribution in [1.29, 1.82) is 0 Å². The van der Waals surface area contributed by atoms with E-state index in [0.29, 0.717) is 11.3 Å². The van der Waals surface area contributed by atoms with Crippen LogP contribution in [-0.4, -0.2) is 59.1 Å². The van der Waals surface area contributed by atoms with Crippen molar-refractivity contribution in [3.05, 3.63) is 53.3 Å². The van der Waals surface area contributed by atoms with Crippen LogP contribution in [0, 0.1) is 17.7 Å². The zero-order valence-corrected chi connectivity index (χ0v) is 17.7. The number of amides is 3. The van der Waals surface area contributed by atoms with Gasteiger partial charge in [0.2, 0.25) is 17.7 Å². The van der Waals surface area contributed by atoms with Crippen LogP contribution in [0.4, 0.5) is 10.1 Å². The molecule has 4 unspecified atom stereocenters. The van der Waals surface area contributed by atoms with Crippen LogP contribution in [0.1, 0.15) is 11.1 Å². The topological polar surface area (TPSA) is 128 Å². The normalized spacial score (nSPS) is 27.9. The van der Waals surface area contributed by atoms with Gasteiger partial charge in [0.05, 0.1) is 25.0 Å². The Morgan fingerprint density at radius 1 is 1.09 bits per heavy atom. The molecule has 172 valence electrons. The molecule has 2 aromatic rings. The van der Waals surface area contributed by atoms with Crippen LogP contribution in [0.15, 0.2) is 36.4 Å². The van der Waals surface area contributed by atoms with Gasteiger partial charge < -0.3 is 20.3 Å². The summed E-state index contributed by atoms with van der Waals surface area (Å²) in [5.41, 5.74) is -0.355. The lowest BCUT2D eigenvalue weighted by Gasteiger charge is -2.29. The van der Waals surface area contributed by atoms with E-state index in [1.54, 1.807) is 6.07 Å². The van der Waals surface area contributed by atoms with E-state index in [4.69, 9.17) is 4.74 Å². The molecule has 0 bridgehead atoms. The summed E-state index contributed by atoms with van der Waals surface area (Å²) < 4.78 is 19.3. The van der Waals surface area contributed by atoms with E-state index in [0.717, 1.165) is 4.90 Å². The van der Waals surface area contributed by atoms with Gasteiger partial charge >= 0.3 is 0 Å². The molecule has 0 radical (unpaired) electrons. The molecule has 10 heteroatoms. The van der Waals surface area contributed by atoms with Gasteiger partial charge in [0.1, 0.15) is 11.4 Å². The molecule has 33 heavy (non-hydrogen) atoms. The minimum atomic E-state index is -1.61. The lowest BCUT2D eigenvalue weighted by Crippen LogP contribution is -2.53. The Balaban J connectivity index is 1.61. The number of ether oxygens (including phenoxy) is 1. The van der Waals surface area contributed by atoms with Crippen LogP contribution in [0.3, 0.4) is 0 Å². The molecule has 2 saturated heterocycles. The average Bonchev–Trinajstić information content (AvgIpc) is 3.34. The number of imide groups is 1. The molecule has 4 N–H and O–H groups in total. The first-order chi connectivity index (χ1) is 15.8. The molecule has 3 amide bonds. The second-order valence-corrected chi connectivity index (χ2v) is 8.55. The zero-order chi connectivity index (χ0) is 23.5. The molecular weight excluding hydrogens is 433 g/mol. The Bertz CT molecular complexity index is 1190. The number of methoxy groups -OCH3 is 1. The number of fused-ring (bicyclic) bond motifs is 4. The Morgan fingerprint density at radius 3 is 2.61 bits per heavy atom. The SMILES string of the molecule is COCCN1C(=O)C2C(Cc3ccc(O)c(O)c3)NC3(C(=O)Nc4ccc(F)cc43)C2C1=O. The third kappa shape index (κ3) is 3.01. The van der Waals surface area contributed by atoms with E-state index in [9.17, 15) is 29.0 Å². The summed E-state index contributed by atoms with van der Waals surface area (Å²) in [7, 11) is 1.46. The van der Waals surface area contributed by atoms with Gasteiger partial charge in [-0.15, -0.1) is 0 Å². The van der Waals surface area contributed by atoms with Crippen LogP contribution in [0.2, 0.25) is 0 Å². The standard InChI is InChI=1S/C23H22FN3O6/c1-33-7-6-27-20(30)18-15(8-11-2-5-16(28)17(29)9-11)26-23(19(18)21(27)31)13-10-12(24)3-4-14(13)25-22(23)32/h2-5,9-10,15,18-19,26,28-29H,6-8H2,1H3,(H,25,32). The number of halogens is 1. The number of benzene rings is 2. The number of phenols is 2. The van der Waals surface area contributed by atoms with Crippen molar-refractivity contribution in [3.8, 4) is 11.5 Å². The van der Waals surface area contributed by atoms with Crippen molar-refractivity contribution in [2.24, 2.45) is 11.8 Å². The first-order valence-corrected chi connectivity index (χ1v) is 10.5. The summed E-state index contributed by atoms with van der Waals surface area (Å²) in [4.78, 5) is 41.2. The monoisotopic (exact) mass is 455 g/mol. The highest BCUT2D eigenvalue weighted by Crippen LogP contribution is 2.53. The fraction of sp³-hybridized carbons (Fsp3) is 0.348. The smallest absolute Gasteiger partial charge is 0.250 e. The van der Waals surface area contributed by atoms with Crippen LogP contribution in [-0.2, 0) is 31.1 Å². The molecule has 4 atom stereocenters. The second-order valence-electron chi connectivity index (χ2n) is 8.55. The van der Waals surface area contributed by atoms with Crippen molar-refractivity contribution >= 4 is 23.4 Å². The van der Waals surface area contributed by atoms with Gasteiger partial charge in [-0.05, 0) is 42.3 Å². The number of likely N-dealkylation sites (tertiary alicyclic amines) is 1. The maximum atomic E-state index is 14.2. The summed E-state index contributed by atoms with van der Waals surface area (Å²) in [5, 5.41) is 25.4. The Labute approximate surface area is 188 Å². The van der Waals surface area contributed by atoms with Crippen LogP contribution < -0.4 is 10.6 Å². The minimum Gasteiger partial charge on any atom is -0.504 e. The fourth-order valence-corrected chi connectivity index (χ4v) is 5.36. The van der Waals surface area contributed by atoms with Crippen LogP contribution >= 0.6 is 0 Å². The molecule has 5 rings (SSSR count). The Kier molecular flexibility index (Phi) is 4.87. The molecule has 0 aliphatic carbocycles. The van der Waals surface area contributed by atoms with Crippen molar-refractivity contribution in [1.82, 2.24) is 10.2 Å². The lowest BCUT2D eigenvalue weighted by atomic mass is 9.76. The number of hydrogen-bond acceptors (Lipinski definition) is 7. The molecule has 0 saturated carbocycles. The van der Waals surface area contributed by atoms with E-state index >= 15 is 0 Å². The van der Waals surface area contributed by atoms with Crippen molar-refractivity contribution in [3.63, 3.8) is 0 Å². The summed E-state index contributed by atoms with van der Waals surface area (Å²) >= 11 is 0. The predicted molar refractivity (Wildman–Crippen MR) is 113 cm³/mol. The summed E-state index contributed by atoms with van der Waals surface area (Å²) in [5.74, 6) is -4.60. The van der Waals surface area contributed by atoms with E-state index < -0.39 is 47.0 Å². The summed E-state index contributed by atoms with van der Waals surface area (Å²) in [6, 6.07) is 7.47. The van der Waals surface area contributed by atoms with E-state index in [-0.39, 0.29) is 36.6 Å². The highest BCUT2D eigenvalue weighted by Gasteiger charge is 2.70. The van der Waals surface area contributed by atoms with Gasteiger partial charge in [-0.3, -0.25) is 24.6 Å². The zero-order valence-electron chi connectivity index (χ0n) is 17.7. The first kappa shape index (κ1) is 21.4. The largest absolute Gasteiger partial charge is 0.504 e. The van der Waals surface area contributed by atoms with Gasteiger partial charge in [0.15, 0.2) is 11.5 Å². The molecule has 1 spiro atoms. The lowest BCUT2D eigenvalue weighted by molar-refractivity contribution is -0.143. The number of aromatic hydroxyl groups is 2. The van der Waals surface area contributed by atoms with Crippen molar-refractivity contribution in [2.75, 3.05) is 25.6 Å². The van der Waals surface area contributed by atoms with Crippen molar-refractivity contribution in [2.45, 2.75) is 18.0 Å². The molecule has 9 nitrogen and oxygen atoms in total. The van der Waals surface area contributed by atoms with E-state index in [1.807, 2.05) is 0 Å². The number of carbonyl (C=O) groups excluding carboxylic acids is 3. The Hall–Kier alpha value is -3.50. The molecule has 2 fully saturated rings. The summed E-state index contributed by atoms with van der Waals surface area (Å²) in [6.07, 6.45) is 0.186. The second kappa shape index (κ2) is 7.53. The number of anilines is 1. The molecule has 2 aromatic carbocycles. The highest BCUT2D eigenvalue weighted by molar-refractivity contribution is 6.15. The van der Waals surface area contributed by atoms with Crippen molar-refractivity contribution < 1.29 is 33.7 Å². The van der Waals surface area contributed by atoms with Gasteiger partial charge in [0, 0.05) is 24.4 Å². The van der Waals surface area contributed by atoms with Gasteiger partial charge in [-0.2, -0.15) is 0 Å². The van der Waals surface area contributed by atoms with Gasteiger partial charge in [0.25, 0.3) is 0 Å². The average molecular weight is 455 g/mol. The summed E-state index contributed by atoms with van der Waals surface area (Å²) in [6.45, 7) is 0.187. The highest BCUT2D eigenvalue weighted by atomic mass is 19.1. The first-order valence-electron chi connectivity index (χ1n) is 10.5. The maximum Gasteiger partial charge on any atom is 0.250 e. The third-order valence-corrected chi connectivity index (χ3v) is 6.78. The molecular formula is C23H22FN3O6. The van der Waals surface area contributed by atoms with Gasteiger partial charge in [-0.25, -0.2) is 4.39 Å². The number of nitrogens with one attached hydrogen (secondary N) is 2. The molecule has 3 aliphatic rings. The maximum absolute atomic E-state index is 14.2. The molecule has 3 aliphatic heterocycles. The van der Waals surface area contributed by atoms with E-state index in [1.165, 1.54) is 37.4 Å². The minimum absolute atomic E-state index is 0.0432. The van der Waals surface area contributed by atoms with E-state index in [2.05, 4.69) is 10.6 Å². The number of carbonyl (C=O) groups is 3. The van der Waals surface area contributed by atoms with Crippen LogP contribution in [0.5, 0.6) is 11.5 Å². The third-order valence-electron chi connectivity index (χ3n) is 6.78. The fourth-order valence-electron chi connectivity index (χ4n) is 5.36. The predicted octanol–water partition coefficient (Wildman–Crippen LogP) is 0.846. The molecule has 3 heterocycles. The van der Waals surface area contributed by atoms with Crippen LogP contribution in [0.25, 0.3) is 0 Å². The number of phenolic OH excluding ortho intramolecular Hbond substituents is 2. The Morgan fingerprint density at radius 2 is 1.88 bits per heavy atom. The number of nitrogens with zero attached hydrogens (tertiary/aromatic N) is 1. The molecule has 0 aromatic heterocycles. The number of rotatable bonds is 5.